The normalized spacial score (nSPS) is 10.7. The van der Waals surface area contributed by atoms with E-state index in [9.17, 15) is 10.2 Å². The molecule has 0 amide bonds. The van der Waals surface area contributed by atoms with Crippen molar-refractivity contribution in [3.8, 4) is 40.4 Å². The maximum atomic E-state index is 9.19. The highest BCUT2D eigenvalue weighted by Crippen LogP contribution is 2.30. The molecule has 0 fully saturated rings. The maximum Gasteiger partial charge on any atom is 0.258 e. The van der Waals surface area contributed by atoms with Crippen molar-refractivity contribution in [1.82, 2.24) is 10.1 Å². The van der Waals surface area contributed by atoms with Crippen molar-refractivity contribution in [1.29, 1.82) is 0 Å². The molecule has 3 aromatic rings. The van der Waals surface area contributed by atoms with E-state index in [4.69, 9.17) is 26.6 Å². The molecule has 164 valence electrons. The third kappa shape index (κ3) is 6.20. The number of ether oxygens (including phenoxy) is 1. The van der Waals surface area contributed by atoms with Crippen LogP contribution in [-0.4, -0.2) is 45.7 Å². The fraction of sp³-hybridized carbons (Fsp3) is 0.273. The first-order chi connectivity index (χ1) is 14.5. The van der Waals surface area contributed by atoms with Crippen LogP contribution < -0.4 is 10.5 Å². The van der Waals surface area contributed by atoms with Gasteiger partial charge < -0.3 is 25.2 Å². The third-order valence-electron chi connectivity index (χ3n) is 4.23. The maximum absolute atomic E-state index is 9.19. The Balaban J connectivity index is 0.00000341. The largest absolute Gasteiger partial charge is 0.492 e. The Morgan fingerprint density at radius 2 is 1.81 bits per heavy atom. The highest BCUT2D eigenvalue weighted by molar-refractivity contribution is 6.32. The first-order valence-corrected chi connectivity index (χ1v) is 9.76. The molecular formula is C22H23Cl2N3O4. The molecule has 0 spiro atoms. The van der Waals surface area contributed by atoms with Gasteiger partial charge in [-0.15, -0.1) is 12.4 Å². The summed E-state index contributed by atoms with van der Waals surface area (Å²) in [5, 5.41) is 22.9. The first kappa shape index (κ1) is 24.7. The Kier molecular flexibility index (Phi) is 8.87. The van der Waals surface area contributed by atoms with E-state index in [1.165, 1.54) is 0 Å². The molecule has 7 nitrogen and oxygen atoms in total. The minimum Gasteiger partial charge on any atom is -0.492 e. The fourth-order valence-electron chi connectivity index (χ4n) is 2.45. The highest BCUT2D eigenvalue weighted by Gasteiger charge is 2.19. The van der Waals surface area contributed by atoms with E-state index < -0.39 is 18.8 Å². The lowest BCUT2D eigenvalue weighted by Gasteiger charge is -2.16. The number of aliphatic hydroxyl groups excluding tert-OH is 2. The van der Waals surface area contributed by atoms with Crippen molar-refractivity contribution >= 4 is 24.0 Å². The fourth-order valence-corrected chi connectivity index (χ4v) is 2.68. The second-order valence-electron chi connectivity index (χ2n) is 6.72. The van der Waals surface area contributed by atoms with Crippen molar-refractivity contribution in [2.45, 2.75) is 18.9 Å². The van der Waals surface area contributed by atoms with Gasteiger partial charge in [0.05, 0.1) is 24.8 Å². The standard InChI is InChI=1S/C22H22ClN3O4.ClH/c1-2-11-29-19-8-7-17(12-18(19)23)21-25-20(26-30-21)16-5-3-15(4-6-16)9-10-22(24,13-27)14-28;/h3-8,12,27-28H,2,11,13-14,24H2,1H3;1H. The van der Waals surface area contributed by atoms with E-state index in [0.717, 1.165) is 12.0 Å². The molecule has 0 unspecified atom stereocenters. The van der Waals surface area contributed by atoms with Crippen LogP contribution in [0.2, 0.25) is 5.02 Å². The van der Waals surface area contributed by atoms with Gasteiger partial charge in [-0.25, -0.2) is 0 Å². The van der Waals surface area contributed by atoms with Crippen molar-refractivity contribution < 1.29 is 19.5 Å². The summed E-state index contributed by atoms with van der Waals surface area (Å²) in [5.41, 5.74) is 6.52. The van der Waals surface area contributed by atoms with Gasteiger partial charge in [-0.1, -0.05) is 35.5 Å². The predicted octanol–water partition coefficient (Wildman–Crippen LogP) is 3.30. The lowest BCUT2D eigenvalue weighted by Crippen LogP contribution is -2.45. The first-order valence-electron chi connectivity index (χ1n) is 9.38. The second-order valence-corrected chi connectivity index (χ2v) is 7.12. The number of aliphatic hydroxyl groups is 2. The average Bonchev–Trinajstić information content (AvgIpc) is 3.27. The van der Waals surface area contributed by atoms with Crippen LogP contribution in [0.5, 0.6) is 5.75 Å². The van der Waals surface area contributed by atoms with Crippen LogP contribution in [0.1, 0.15) is 18.9 Å². The van der Waals surface area contributed by atoms with E-state index in [-0.39, 0.29) is 12.4 Å². The van der Waals surface area contributed by atoms with E-state index >= 15 is 0 Å². The zero-order valence-corrected chi connectivity index (χ0v) is 18.4. The van der Waals surface area contributed by atoms with Gasteiger partial charge >= 0.3 is 0 Å². The minimum absolute atomic E-state index is 0. The number of nitrogens with zero attached hydrogens (tertiary/aromatic N) is 2. The number of hydrogen-bond acceptors (Lipinski definition) is 7. The number of rotatable bonds is 7. The van der Waals surface area contributed by atoms with Gasteiger partial charge in [0.15, 0.2) is 0 Å². The number of nitrogens with two attached hydrogens (primary N) is 1. The minimum atomic E-state index is -1.33. The number of aromatic nitrogens is 2. The van der Waals surface area contributed by atoms with Crippen molar-refractivity contribution in [3.63, 3.8) is 0 Å². The molecule has 31 heavy (non-hydrogen) atoms. The number of benzene rings is 2. The molecule has 0 aliphatic carbocycles. The Morgan fingerprint density at radius 3 is 2.42 bits per heavy atom. The molecule has 4 N–H and O–H groups in total. The number of hydrogen-bond donors (Lipinski definition) is 3. The molecule has 3 rings (SSSR count). The summed E-state index contributed by atoms with van der Waals surface area (Å²) in [5.74, 6) is 6.89. The summed E-state index contributed by atoms with van der Waals surface area (Å²) in [4.78, 5) is 4.43. The molecule has 0 atom stereocenters. The van der Waals surface area contributed by atoms with Gasteiger partial charge in [0.1, 0.15) is 11.3 Å². The molecule has 2 aromatic carbocycles. The van der Waals surface area contributed by atoms with Crippen LogP contribution in [0.3, 0.4) is 0 Å². The summed E-state index contributed by atoms with van der Waals surface area (Å²) >= 11 is 6.27. The summed E-state index contributed by atoms with van der Waals surface area (Å²) in [6.07, 6.45) is 0.894. The molecular weight excluding hydrogens is 441 g/mol. The Hall–Kier alpha value is -2.60. The van der Waals surface area contributed by atoms with Gasteiger partial charge in [0.2, 0.25) is 5.82 Å². The summed E-state index contributed by atoms with van der Waals surface area (Å²) in [6.45, 7) is 1.75. The van der Waals surface area contributed by atoms with Crippen molar-refractivity contribution in [2.24, 2.45) is 5.73 Å². The quantitative estimate of drug-likeness (QED) is 0.460. The van der Waals surface area contributed by atoms with Crippen molar-refractivity contribution in [2.75, 3.05) is 19.8 Å². The van der Waals surface area contributed by atoms with Gasteiger partial charge in [-0.05, 0) is 48.9 Å². The molecule has 0 aliphatic rings. The summed E-state index contributed by atoms with van der Waals surface area (Å²) < 4.78 is 10.9. The van der Waals surface area contributed by atoms with E-state index in [2.05, 4.69) is 22.0 Å². The molecule has 0 saturated heterocycles. The molecule has 1 heterocycles. The zero-order chi connectivity index (χ0) is 21.6. The lowest BCUT2D eigenvalue weighted by molar-refractivity contribution is 0.158. The Labute approximate surface area is 191 Å². The van der Waals surface area contributed by atoms with Crippen LogP contribution in [0.4, 0.5) is 0 Å². The molecule has 0 saturated carbocycles. The summed E-state index contributed by atoms with van der Waals surface area (Å²) in [7, 11) is 0. The average molecular weight is 464 g/mol. The topological polar surface area (TPSA) is 115 Å². The zero-order valence-electron chi connectivity index (χ0n) is 16.8. The second kappa shape index (κ2) is 11.1. The van der Waals surface area contributed by atoms with Crippen molar-refractivity contribution in [3.05, 3.63) is 53.1 Å². The molecule has 0 aliphatic heterocycles. The van der Waals surface area contributed by atoms with Gasteiger partial charge in [0.25, 0.3) is 5.89 Å². The van der Waals surface area contributed by atoms with Crippen LogP contribution >= 0.6 is 24.0 Å². The Bertz CT molecular complexity index is 1050. The third-order valence-corrected chi connectivity index (χ3v) is 4.53. The SMILES string of the molecule is CCCOc1ccc(-c2nc(-c3ccc(C#CC(N)(CO)CO)cc3)no2)cc1Cl.Cl. The van der Waals surface area contributed by atoms with Gasteiger partial charge in [-0.2, -0.15) is 4.98 Å². The van der Waals surface area contributed by atoms with E-state index in [0.29, 0.717) is 40.2 Å². The van der Waals surface area contributed by atoms with Gasteiger partial charge in [0, 0.05) is 16.7 Å². The van der Waals surface area contributed by atoms with Crippen LogP contribution in [0.15, 0.2) is 47.0 Å². The van der Waals surface area contributed by atoms with Crippen LogP contribution in [0.25, 0.3) is 22.8 Å². The molecule has 9 heteroatoms. The predicted molar refractivity (Wildman–Crippen MR) is 121 cm³/mol. The van der Waals surface area contributed by atoms with Crippen LogP contribution in [-0.2, 0) is 0 Å². The van der Waals surface area contributed by atoms with E-state index in [1.807, 2.05) is 13.0 Å². The van der Waals surface area contributed by atoms with E-state index in [1.54, 1.807) is 36.4 Å². The van der Waals surface area contributed by atoms with Crippen LogP contribution in [0, 0.1) is 11.8 Å². The lowest BCUT2D eigenvalue weighted by atomic mass is 10.0. The smallest absolute Gasteiger partial charge is 0.258 e. The Morgan fingerprint density at radius 1 is 1.13 bits per heavy atom. The molecule has 0 bridgehead atoms. The monoisotopic (exact) mass is 463 g/mol. The molecule has 0 radical (unpaired) electrons. The highest BCUT2D eigenvalue weighted by atomic mass is 35.5. The molecule has 1 aromatic heterocycles. The summed E-state index contributed by atoms with van der Waals surface area (Å²) in [6, 6.07) is 12.4. The van der Waals surface area contributed by atoms with Gasteiger partial charge in [-0.3, -0.25) is 0 Å². The number of halogens is 2.